The zero-order valence-electron chi connectivity index (χ0n) is 14.8. The summed E-state index contributed by atoms with van der Waals surface area (Å²) in [6.45, 7) is 11.1. The average Bonchev–Trinajstić information content (AvgIpc) is 2.83. The minimum Gasteiger partial charge on any atom is -0.294 e. The first-order valence-corrected chi connectivity index (χ1v) is 8.55. The maximum absolute atomic E-state index is 12.4. The van der Waals surface area contributed by atoms with Gasteiger partial charge in [0.25, 0.3) is 0 Å². The molecular weight excluding hydrogens is 280 g/mol. The predicted octanol–water partition coefficient (Wildman–Crippen LogP) is 5.83. The van der Waals surface area contributed by atoms with Crippen LogP contribution in [0, 0.1) is 0 Å². The predicted molar refractivity (Wildman–Crippen MR) is 96.5 cm³/mol. The molecule has 0 bridgehead atoms. The van der Waals surface area contributed by atoms with E-state index in [1.807, 2.05) is 6.07 Å². The fraction of sp³-hybridized carbons (Fsp3) is 0.409. The van der Waals surface area contributed by atoms with Crippen molar-refractivity contribution < 1.29 is 4.79 Å². The van der Waals surface area contributed by atoms with Crippen molar-refractivity contribution in [3.63, 3.8) is 0 Å². The summed E-state index contributed by atoms with van der Waals surface area (Å²) >= 11 is 0. The van der Waals surface area contributed by atoms with Crippen LogP contribution in [0.1, 0.15) is 85.5 Å². The largest absolute Gasteiger partial charge is 0.294 e. The molecule has 1 atom stereocenters. The van der Waals surface area contributed by atoms with E-state index in [0.717, 1.165) is 5.56 Å². The SMILES string of the molecule is CC(C)c1ccc2c(c1)C(c1ccc(C(C)(C)C)cc1)CC2=O. The average molecular weight is 306 g/mol. The summed E-state index contributed by atoms with van der Waals surface area (Å²) in [5.41, 5.74) is 6.19. The Bertz CT molecular complexity index is 730. The van der Waals surface area contributed by atoms with Crippen LogP contribution < -0.4 is 0 Å². The second-order valence-corrected chi connectivity index (χ2v) is 8.05. The first kappa shape index (κ1) is 16.0. The Balaban J connectivity index is 2.00. The Kier molecular flexibility index (Phi) is 3.91. The molecule has 120 valence electrons. The molecule has 0 amide bonds. The maximum atomic E-state index is 12.4. The number of benzene rings is 2. The summed E-state index contributed by atoms with van der Waals surface area (Å²) in [5.74, 6) is 0.977. The second kappa shape index (κ2) is 5.63. The molecule has 2 aromatic rings. The van der Waals surface area contributed by atoms with Gasteiger partial charge in [-0.25, -0.2) is 0 Å². The number of hydrogen-bond donors (Lipinski definition) is 0. The van der Waals surface area contributed by atoms with E-state index in [9.17, 15) is 4.79 Å². The van der Waals surface area contributed by atoms with Crippen molar-refractivity contribution in [2.24, 2.45) is 0 Å². The van der Waals surface area contributed by atoms with E-state index in [1.54, 1.807) is 0 Å². The topological polar surface area (TPSA) is 17.1 Å². The van der Waals surface area contributed by atoms with Crippen LogP contribution in [0.5, 0.6) is 0 Å². The lowest BCUT2D eigenvalue weighted by atomic mass is 9.84. The quantitative estimate of drug-likeness (QED) is 0.682. The number of ketones is 1. The van der Waals surface area contributed by atoms with Crippen molar-refractivity contribution in [3.05, 3.63) is 70.3 Å². The van der Waals surface area contributed by atoms with Gasteiger partial charge in [0.2, 0.25) is 0 Å². The summed E-state index contributed by atoms with van der Waals surface area (Å²) in [6.07, 6.45) is 0.603. The Morgan fingerprint density at radius 1 is 1.00 bits per heavy atom. The third kappa shape index (κ3) is 2.97. The lowest BCUT2D eigenvalue weighted by Crippen LogP contribution is -2.11. The van der Waals surface area contributed by atoms with Crippen molar-refractivity contribution in [1.29, 1.82) is 0 Å². The van der Waals surface area contributed by atoms with Crippen molar-refractivity contribution >= 4 is 5.78 Å². The van der Waals surface area contributed by atoms with Crippen molar-refractivity contribution in [1.82, 2.24) is 0 Å². The van der Waals surface area contributed by atoms with Gasteiger partial charge >= 0.3 is 0 Å². The molecule has 1 aliphatic rings. The summed E-state index contributed by atoms with van der Waals surface area (Å²) in [5, 5.41) is 0. The standard InChI is InChI=1S/C22H26O/c1-14(2)16-8-11-18-20(12-16)19(13-21(18)23)15-6-9-17(10-7-15)22(3,4)5/h6-12,14,19H,13H2,1-5H3. The Morgan fingerprint density at radius 3 is 2.22 bits per heavy atom. The highest BCUT2D eigenvalue weighted by Gasteiger charge is 2.31. The lowest BCUT2D eigenvalue weighted by Gasteiger charge is -2.20. The molecule has 1 heteroatoms. The smallest absolute Gasteiger partial charge is 0.164 e. The molecule has 1 nitrogen and oxygen atoms in total. The van der Waals surface area contributed by atoms with Gasteiger partial charge in [-0.15, -0.1) is 0 Å². The molecule has 3 rings (SSSR count). The molecule has 0 saturated heterocycles. The highest BCUT2D eigenvalue weighted by atomic mass is 16.1. The number of carbonyl (C=O) groups is 1. The van der Waals surface area contributed by atoms with E-state index < -0.39 is 0 Å². The monoisotopic (exact) mass is 306 g/mol. The third-order valence-electron chi connectivity index (χ3n) is 4.99. The molecule has 23 heavy (non-hydrogen) atoms. The van der Waals surface area contributed by atoms with E-state index in [0.29, 0.717) is 12.3 Å². The maximum Gasteiger partial charge on any atom is 0.164 e. The number of Topliss-reactive ketones (excluding diaryl/α,β-unsaturated/α-hetero) is 1. The minimum atomic E-state index is 0.159. The Labute approximate surface area is 139 Å². The van der Waals surface area contributed by atoms with Gasteiger partial charge in [0.15, 0.2) is 5.78 Å². The number of fused-ring (bicyclic) bond motifs is 1. The molecule has 0 heterocycles. The molecule has 2 aromatic carbocycles. The van der Waals surface area contributed by atoms with Crippen molar-refractivity contribution in [2.75, 3.05) is 0 Å². The molecule has 0 N–H and O–H groups in total. The van der Waals surface area contributed by atoms with E-state index >= 15 is 0 Å². The highest BCUT2D eigenvalue weighted by Crippen LogP contribution is 2.40. The van der Waals surface area contributed by atoms with E-state index in [2.05, 4.69) is 71.0 Å². The van der Waals surface area contributed by atoms with Gasteiger partial charge in [-0.2, -0.15) is 0 Å². The van der Waals surface area contributed by atoms with Gasteiger partial charge in [-0.3, -0.25) is 4.79 Å². The van der Waals surface area contributed by atoms with Crippen LogP contribution in [0.3, 0.4) is 0 Å². The van der Waals surface area contributed by atoms with Gasteiger partial charge < -0.3 is 0 Å². The molecule has 0 spiro atoms. The first-order chi connectivity index (χ1) is 10.8. The summed E-state index contributed by atoms with van der Waals surface area (Å²) < 4.78 is 0. The van der Waals surface area contributed by atoms with Crippen molar-refractivity contribution in [2.45, 2.75) is 58.3 Å². The van der Waals surface area contributed by atoms with E-state index in [1.165, 1.54) is 22.3 Å². The Morgan fingerprint density at radius 2 is 1.65 bits per heavy atom. The molecule has 0 aromatic heterocycles. The summed E-state index contributed by atoms with van der Waals surface area (Å²) in [7, 11) is 0. The molecule has 0 radical (unpaired) electrons. The molecule has 0 saturated carbocycles. The first-order valence-electron chi connectivity index (χ1n) is 8.55. The van der Waals surface area contributed by atoms with Gasteiger partial charge in [0.05, 0.1) is 0 Å². The fourth-order valence-electron chi connectivity index (χ4n) is 3.40. The third-order valence-corrected chi connectivity index (χ3v) is 4.99. The van der Waals surface area contributed by atoms with Crippen molar-refractivity contribution in [3.8, 4) is 0 Å². The van der Waals surface area contributed by atoms with Crippen LogP contribution in [-0.4, -0.2) is 5.78 Å². The number of rotatable bonds is 2. The van der Waals surface area contributed by atoms with E-state index in [-0.39, 0.29) is 17.1 Å². The van der Waals surface area contributed by atoms with Crippen LogP contribution in [0.15, 0.2) is 42.5 Å². The van der Waals surface area contributed by atoms with Crippen LogP contribution in [0.25, 0.3) is 0 Å². The minimum absolute atomic E-state index is 0.159. The zero-order chi connectivity index (χ0) is 16.8. The van der Waals surface area contributed by atoms with Gasteiger partial charge in [0, 0.05) is 17.9 Å². The normalized spacial score (nSPS) is 17.7. The van der Waals surface area contributed by atoms with Crippen LogP contribution in [0.4, 0.5) is 0 Å². The van der Waals surface area contributed by atoms with Gasteiger partial charge in [-0.05, 0) is 33.6 Å². The van der Waals surface area contributed by atoms with Crippen LogP contribution in [-0.2, 0) is 5.41 Å². The zero-order valence-corrected chi connectivity index (χ0v) is 14.8. The number of hydrogen-bond acceptors (Lipinski definition) is 1. The number of carbonyl (C=O) groups excluding carboxylic acids is 1. The van der Waals surface area contributed by atoms with E-state index in [4.69, 9.17) is 0 Å². The fourth-order valence-corrected chi connectivity index (χ4v) is 3.40. The second-order valence-electron chi connectivity index (χ2n) is 8.05. The molecule has 1 aliphatic carbocycles. The van der Waals surface area contributed by atoms with Gasteiger partial charge in [-0.1, -0.05) is 77.1 Å². The summed E-state index contributed by atoms with van der Waals surface area (Å²) in [6, 6.07) is 15.2. The molecule has 1 unspecified atom stereocenters. The van der Waals surface area contributed by atoms with Gasteiger partial charge in [0.1, 0.15) is 0 Å². The van der Waals surface area contributed by atoms with Crippen LogP contribution in [0.2, 0.25) is 0 Å². The lowest BCUT2D eigenvalue weighted by molar-refractivity contribution is 0.0991. The summed E-state index contributed by atoms with van der Waals surface area (Å²) in [4.78, 5) is 12.4. The highest BCUT2D eigenvalue weighted by molar-refractivity contribution is 6.02. The Hall–Kier alpha value is -1.89. The van der Waals surface area contributed by atoms with Crippen LogP contribution >= 0.6 is 0 Å². The molecule has 0 fully saturated rings. The molecule has 0 aliphatic heterocycles. The molecular formula is C22H26O.